The number of hydrogen-bond donors (Lipinski definition) is 4. The van der Waals surface area contributed by atoms with Crippen LogP contribution in [-0.4, -0.2) is 44.6 Å². The van der Waals surface area contributed by atoms with Gasteiger partial charge in [-0.05, 0) is 24.7 Å². The van der Waals surface area contributed by atoms with Crippen molar-refractivity contribution < 1.29 is 30.0 Å². The molecule has 0 aliphatic rings. The van der Waals surface area contributed by atoms with Crippen LogP contribution in [0.3, 0.4) is 0 Å². The summed E-state index contributed by atoms with van der Waals surface area (Å²) >= 11 is 0. The second kappa shape index (κ2) is 19.2. The van der Waals surface area contributed by atoms with Gasteiger partial charge in [0.15, 0.2) is 0 Å². The van der Waals surface area contributed by atoms with Gasteiger partial charge in [0.25, 0.3) is 0 Å². The predicted molar refractivity (Wildman–Crippen MR) is 112 cm³/mol. The van der Waals surface area contributed by atoms with Crippen LogP contribution in [0.4, 0.5) is 0 Å². The minimum absolute atomic E-state index is 0.121. The quantitative estimate of drug-likeness (QED) is 0.273. The van der Waals surface area contributed by atoms with Crippen LogP contribution in [0.2, 0.25) is 0 Å². The molecule has 0 saturated carbocycles. The third kappa shape index (κ3) is 27.1. The highest BCUT2D eigenvalue weighted by Crippen LogP contribution is 2.12. The maximum atomic E-state index is 10.2. The van der Waals surface area contributed by atoms with Crippen molar-refractivity contribution in [2.45, 2.75) is 117 Å². The van der Waals surface area contributed by atoms with E-state index < -0.39 is 24.1 Å². The summed E-state index contributed by atoms with van der Waals surface area (Å²) in [4.78, 5) is 20.5. The number of unbranched alkanes of at least 4 members (excludes halogenated alkanes) is 4. The Bertz CT molecular complexity index is 345. The number of aliphatic carboxylic acids is 2. The van der Waals surface area contributed by atoms with Crippen LogP contribution in [0.5, 0.6) is 0 Å². The van der Waals surface area contributed by atoms with E-state index in [1.165, 1.54) is 25.7 Å². The summed E-state index contributed by atoms with van der Waals surface area (Å²) in [6, 6.07) is 0. The Hall–Kier alpha value is -1.14. The first-order valence-electron chi connectivity index (χ1n) is 10.8. The summed E-state index contributed by atoms with van der Waals surface area (Å²) in [6.07, 6.45) is 8.51. The van der Waals surface area contributed by atoms with E-state index in [-0.39, 0.29) is 12.8 Å². The average Bonchev–Trinajstić information content (AvgIpc) is 2.52. The second-order valence-corrected chi connectivity index (χ2v) is 8.57. The molecule has 0 bridgehead atoms. The van der Waals surface area contributed by atoms with Crippen molar-refractivity contribution in [1.82, 2.24) is 0 Å². The summed E-state index contributed by atoms with van der Waals surface area (Å²) in [5.41, 5.74) is 0. The largest absolute Gasteiger partial charge is 0.481 e. The molecule has 0 amide bonds. The Morgan fingerprint density at radius 3 is 1.11 bits per heavy atom. The fourth-order valence-electron chi connectivity index (χ4n) is 2.83. The Labute approximate surface area is 171 Å². The molecule has 0 saturated heterocycles. The molecule has 6 nitrogen and oxygen atoms in total. The highest BCUT2D eigenvalue weighted by Gasteiger charge is 2.09. The van der Waals surface area contributed by atoms with Gasteiger partial charge in [0.1, 0.15) is 0 Å². The van der Waals surface area contributed by atoms with Gasteiger partial charge in [0.05, 0.1) is 25.0 Å². The zero-order valence-electron chi connectivity index (χ0n) is 18.4. The molecule has 2 atom stereocenters. The van der Waals surface area contributed by atoms with E-state index in [9.17, 15) is 19.8 Å². The fraction of sp³-hybridized carbons (Fsp3) is 0.909. The zero-order valence-corrected chi connectivity index (χ0v) is 18.4. The van der Waals surface area contributed by atoms with Crippen LogP contribution in [0, 0.1) is 11.8 Å². The highest BCUT2D eigenvalue weighted by molar-refractivity contribution is 5.67. The van der Waals surface area contributed by atoms with E-state index in [2.05, 4.69) is 27.7 Å². The summed E-state index contributed by atoms with van der Waals surface area (Å²) in [6.45, 7) is 8.77. The molecule has 0 heterocycles. The van der Waals surface area contributed by atoms with Crippen LogP contribution in [0.15, 0.2) is 0 Å². The van der Waals surface area contributed by atoms with Crippen LogP contribution in [0.25, 0.3) is 0 Å². The smallest absolute Gasteiger partial charge is 0.305 e. The van der Waals surface area contributed by atoms with E-state index >= 15 is 0 Å². The minimum Gasteiger partial charge on any atom is -0.481 e. The Balaban J connectivity index is 0. The molecule has 0 rings (SSSR count). The van der Waals surface area contributed by atoms with Crippen molar-refractivity contribution in [3.8, 4) is 0 Å². The summed E-state index contributed by atoms with van der Waals surface area (Å²) < 4.78 is 0. The number of hydrogen-bond acceptors (Lipinski definition) is 4. The Morgan fingerprint density at radius 1 is 0.571 bits per heavy atom. The lowest BCUT2D eigenvalue weighted by Crippen LogP contribution is -2.12. The maximum absolute atomic E-state index is 10.2. The van der Waals surface area contributed by atoms with Crippen LogP contribution < -0.4 is 0 Å². The number of carboxylic acid groups (broad SMARTS) is 2. The molecule has 0 aromatic heterocycles. The molecule has 0 fully saturated rings. The molecule has 0 aliphatic heterocycles. The van der Waals surface area contributed by atoms with Crippen LogP contribution in [-0.2, 0) is 9.59 Å². The number of aliphatic hydroxyl groups is 2. The van der Waals surface area contributed by atoms with E-state index in [1.54, 1.807) is 0 Å². The monoisotopic (exact) mass is 404 g/mol. The normalized spacial score (nSPS) is 13.1. The first-order valence-corrected chi connectivity index (χ1v) is 10.8. The molecule has 0 spiro atoms. The minimum atomic E-state index is -0.917. The first kappa shape index (κ1) is 29.1. The van der Waals surface area contributed by atoms with Crippen LogP contribution in [0.1, 0.15) is 105 Å². The third-order valence-corrected chi connectivity index (χ3v) is 4.46. The standard InChI is InChI=1S/2C11H22O3/c2*1-9(2)6-4-3-5-7-10(12)8-11(13)14/h2*9-10,12H,3-8H2,1-2H3,(H,13,14). The highest BCUT2D eigenvalue weighted by atomic mass is 16.4. The van der Waals surface area contributed by atoms with Gasteiger partial charge in [-0.25, -0.2) is 0 Å². The number of aliphatic hydroxyl groups excluding tert-OH is 2. The van der Waals surface area contributed by atoms with Crippen molar-refractivity contribution >= 4 is 11.9 Å². The second-order valence-electron chi connectivity index (χ2n) is 8.57. The van der Waals surface area contributed by atoms with Crippen molar-refractivity contribution in [2.24, 2.45) is 11.8 Å². The molecule has 0 radical (unpaired) electrons. The number of carbonyl (C=O) groups is 2. The summed E-state index contributed by atoms with van der Waals surface area (Å²) in [7, 11) is 0. The van der Waals surface area contributed by atoms with Crippen molar-refractivity contribution in [3.63, 3.8) is 0 Å². The molecule has 0 aromatic rings. The van der Waals surface area contributed by atoms with Gasteiger partial charge in [0, 0.05) is 0 Å². The molecule has 2 unspecified atom stereocenters. The fourth-order valence-corrected chi connectivity index (χ4v) is 2.83. The predicted octanol–water partition coefficient (Wildman–Crippen LogP) is 4.86. The van der Waals surface area contributed by atoms with Gasteiger partial charge in [0.2, 0.25) is 0 Å². The Morgan fingerprint density at radius 2 is 0.857 bits per heavy atom. The van der Waals surface area contributed by atoms with Crippen molar-refractivity contribution in [2.75, 3.05) is 0 Å². The van der Waals surface area contributed by atoms with Gasteiger partial charge in [-0.15, -0.1) is 0 Å². The van der Waals surface area contributed by atoms with Crippen molar-refractivity contribution in [1.29, 1.82) is 0 Å². The molecule has 0 aromatic carbocycles. The molecule has 28 heavy (non-hydrogen) atoms. The molecular weight excluding hydrogens is 360 g/mol. The van der Waals surface area contributed by atoms with E-state index in [4.69, 9.17) is 10.2 Å². The van der Waals surface area contributed by atoms with Gasteiger partial charge in [-0.3, -0.25) is 9.59 Å². The van der Waals surface area contributed by atoms with Crippen molar-refractivity contribution in [3.05, 3.63) is 0 Å². The van der Waals surface area contributed by atoms with E-state index in [1.807, 2.05) is 0 Å². The Kier molecular flexibility index (Phi) is 19.9. The molecule has 0 aliphatic carbocycles. The molecular formula is C22H44O6. The lowest BCUT2D eigenvalue weighted by atomic mass is 10.0. The van der Waals surface area contributed by atoms with Gasteiger partial charge in [-0.2, -0.15) is 0 Å². The maximum Gasteiger partial charge on any atom is 0.305 e. The molecule has 168 valence electrons. The third-order valence-electron chi connectivity index (χ3n) is 4.46. The lowest BCUT2D eigenvalue weighted by Gasteiger charge is -2.08. The van der Waals surface area contributed by atoms with Gasteiger partial charge >= 0.3 is 11.9 Å². The topological polar surface area (TPSA) is 115 Å². The summed E-state index contributed by atoms with van der Waals surface area (Å²) in [5.74, 6) is -0.364. The van der Waals surface area contributed by atoms with E-state index in [0.717, 1.165) is 37.5 Å². The number of carboxylic acids is 2. The zero-order chi connectivity index (χ0) is 21.9. The van der Waals surface area contributed by atoms with Gasteiger partial charge < -0.3 is 20.4 Å². The SMILES string of the molecule is CC(C)CCCCCC(O)CC(=O)O.CC(C)CCCCCC(O)CC(=O)O. The van der Waals surface area contributed by atoms with E-state index in [0.29, 0.717) is 12.8 Å². The summed E-state index contributed by atoms with van der Waals surface area (Å²) in [5, 5.41) is 35.3. The van der Waals surface area contributed by atoms with Crippen LogP contribution >= 0.6 is 0 Å². The lowest BCUT2D eigenvalue weighted by molar-refractivity contribution is -0.140. The molecule has 6 heteroatoms. The average molecular weight is 405 g/mol. The molecule has 4 N–H and O–H groups in total. The van der Waals surface area contributed by atoms with Gasteiger partial charge in [-0.1, -0.05) is 79.1 Å². The first-order chi connectivity index (χ1) is 13.0. The number of rotatable bonds is 16.